The minimum atomic E-state index is -0.661. The number of hydrogen-bond acceptors (Lipinski definition) is 3. The molecule has 2 saturated heterocycles. The van der Waals surface area contributed by atoms with Gasteiger partial charge < -0.3 is 15.0 Å². The van der Waals surface area contributed by atoms with E-state index in [2.05, 4.69) is 10.4 Å². The van der Waals surface area contributed by atoms with E-state index >= 15 is 0 Å². The molecule has 2 aliphatic heterocycles. The molecule has 0 radical (unpaired) electrons. The molecule has 2 rings (SSSR count). The van der Waals surface area contributed by atoms with Gasteiger partial charge in [-0.1, -0.05) is 0 Å². The van der Waals surface area contributed by atoms with Crippen molar-refractivity contribution in [2.75, 3.05) is 32.8 Å². The van der Waals surface area contributed by atoms with E-state index in [4.69, 9.17) is 4.74 Å². The SMILES string of the molecule is O=[N+]([O-])/N=C1/NCCN1CC1CCOC1. The summed E-state index contributed by atoms with van der Waals surface area (Å²) < 4.78 is 5.26. The zero-order chi connectivity index (χ0) is 10.7. The molecule has 7 heteroatoms. The molecular formula is C8H14N4O3. The highest BCUT2D eigenvalue weighted by atomic mass is 16.7. The fraction of sp³-hybridized carbons (Fsp3) is 0.875. The molecule has 0 saturated carbocycles. The van der Waals surface area contributed by atoms with Crippen LogP contribution in [0.5, 0.6) is 0 Å². The predicted octanol–water partition coefficient (Wildman–Crippen LogP) is -0.524. The zero-order valence-corrected chi connectivity index (χ0v) is 8.39. The molecule has 1 N–H and O–H groups in total. The first-order valence-electron chi connectivity index (χ1n) is 5.05. The smallest absolute Gasteiger partial charge is 0.271 e. The van der Waals surface area contributed by atoms with E-state index in [1.165, 1.54) is 0 Å². The van der Waals surface area contributed by atoms with Gasteiger partial charge in [0, 0.05) is 32.2 Å². The fourth-order valence-electron chi connectivity index (χ4n) is 1.91. The second-order valence-electron chi connectivity index (χ2n) is 3.76. The van der Waals surface area contributed by atoms with Crippen molar-refractivity contribution in [2.45, 2.75) is 6.42 Å². The number of hydrogen-bond donors (Lipinski definition) is 1. The van der Waals surface area contributed by atoms with Crippen molar-refractivity contribution in [2.24, 2.45) is 11.0 Å². The second-order valence-corrected chi connectivity index (χ2v) is 3.76. The summed E-state index contributed by atoms with van der Waals surface area (Å²) in [6, 6.07) is 0. The van der Waals surface area contributed by atoms with Crippen molar-refractivity contribution in [3.05, 3.63) is 10.1 Å². The van der Waals surface area contributed by atoms with Crippen LogP contribution in [-0.2, 0) is 4.74 Å². The quantitative estimate of drug-likeness (QED) is 0.505. The Balaban J connectivity index is 1.92. The summed E-state index contributed by atoms with van der Waals surface area (Å²) in [5, 5.41) is 15.8. The summed E-state index contributed by atoms with van der Waals surface area (Å²) >= 11 is 0. The summed E-state index contributed by atoms with van der Waals surface area (Å²) in [5.41, 5.74) is 0. The molecule has 0 aromatic carbocycles. The first kappa shape index (κ1) is 10.2. The Morgan fingerprint density at radius 2 is 2.60 bits per heavy atom. The van der Waals surface area contributed by atoms with E-state index in [1.807, 2.05) is 4.90 Å². The predicted molar refractivity (Wildman–Crippen MR) is 52.9 cm³/mol. The Kier molecular flexibility index (Phi) is 3.00. The molecule has 0 aliphatic carbocycles. The molecule has 7 nitrogen and oxygen atoms in total. The molecule has 0 bridgehead atoms. The second kappa shape index (κ2) is 4.43. The van der Waals surface area contributed by atoms with Crippen LogP contribution in [0.25, 0.3) is 0 Å². The monoisotopic (exact) mass is 214 g/mol. The van der Waals surface area contributed by atoms with Gasteiger partial charge in [-0.05, 0) is 6.42 Å². The van der Waals surface area contributed by atoms with Crippen LogP contribution < -0.4 is 5.32 Å². The molecule has 0 spiro atoms. The van der Waals surface area contributed by atoms with Gasteiger partial charge in [-0.3, -0.25) is 0 Å². The van der Waals surface area contributed by atoms with E-state index in [1.54, 1.807) is 0 Å². The van der Waals surface area contributed by atoms with Gasteiger partial charge in [-0.2, -0.15) is 0 Å². The number of ether oxygens (including phenoxy) is 1. The summed E-state index contributed by atoms with van der Waals surface area (Å²) in [4.78, 5) is 12.2. The van der Waals surface area contributed by atoms with E-state index in [0.29, 0.717) is 11.9 Å². The third kappa shape index (κ3) is 2.56. The van der Waals surface area contributed by atoms with Crippen LogP contribution in [0.2, 0.25) is 0 Å². The first-order chi connectivity index (χ1) is 7.25. The minimum Gasteiger partial charge on any atom is -0.381 e. The molecule has 84 valence electrons. The molecule has 0 aromatic heterocycles. The number of hydrazone groups is 1. The van der Waals surface area contributed by atoms with Gasteiger partial charge in [-0.15, -0.1) is 0 Å². The van der Waals surface area contributed by atoms with Gasteiger partial charge in [0.1, 0.15) is 5.10 Å². The molecule has 0 aromatic rings. The van der Waals surface area contributed by atoms with Crippen molar-refractivity contribution < 1.29 is 9.77 Å². The topological polar surface area (TPSA) is 80.0 Å². The highest BCUT2D eigenvalue weighted by molar-refractivity contribution is 5.81. The summed E-state index contributed by atoms with van der Waals surface area (Å²) in [5.74, 6) is 0.855. The molecule has 15 heavy (non-hydrogen) atoms. The number of nitro groups is 1. The standard InChI is InChI=1S/C8H14N4O3/c13-12(14)10-8-9-2-3-11(8)5-7-1-4-15-6-7/h7H,1-6H2,(H,9,10). The lowest BCUT2D eigenvalue weighted by atomic mass is 10.1. The highest BCUT2D eigenvalue weighted by Crippen LogP contribution is 2.14. The van der Waals surface area contributed by atoms with Crippen LogP contribution in [0.1, 0.15) is 6.42 Å². The molecular weight excluding hydrogens is 200 g/mol. The number of rotatable bonds is 3. The van der Waals surface area contributed by atoms with Gasteiger partial charge in [0.25, 0.3) is 5.96 Å². The van der Waals surface area contributed by atoms with Gasteiger partial charge >= 0.3 is 0 Å². The average molecular weight is 214 g/mol. The molecule has 1 unspecified atom stereocenters. The van der Waals surface area contributed by atoms with Crippen LogP contribution in [0.15, 0.2) is 5.10 Å². The van der Waals surface area contributed by atoms with Crippen LogP contribution in [0.4, 0.5) is 0 Å². The Bertz CT molecular complexity index is 275. The van der Waals surface area contributed by atoms with Crippen LogP contribution in [-0.4, -0.2) is 48.7 Å². The van der Waals surface area contributed by atoms with E-state index in [9.17, 15) is 10.1 Å². The molecule has 2 fully saturated rings. The Labute approximate surface area is 87.2 Å². The average Bonchev–Trinajstić information content (AvgIpc) is 2.78. The normalized spacial score (nSPS) is 28.4. The van der Waals surface area contributed by atoms with Crippen molar-refractivity contribution in [1.82, 2.24) is 10.2 Å². The minimum absolute atomic E-state index is 0.381. The highest BCUT2D eigenvalue weighted by Gasteiger charge is 2.26. The van der Waals surface area contributed by atoms with Crippen molar-refractivity contribution in [1.29, 1.82) is 0 Å². The van der Waals surface area contributed by atoms with Crippen molar-refractivity contribution >= 4 is 5.96 Å². The first-order valence-corrected chi connectivity index (χ1v) is 5.05. The summed E-state index contributed by atoms with van der Waals surface area (Å²) in [7, 11) is 0. The summed E-state index contributed by atoms with van der Waals surface area (Å²) in [6.07, 6.45) is 1.03. The maximum atomic E-state index is 10.3. The van der Waals surface area contributed by atoms with Crippen molar-refractivity contribution in [3.63, 3.8) is 0 Å². The van der Waals surface area contributed by atoms with Crippen LogP contribution >= 0.6 is 0 Å². The van der Waals surface area contributed by atoms with Gasteiger partial charge in [-0.25, -0.2) is 10.1 Å². The molecule has 1 atom stereocenters. The van der Waals surface area contributed by atoms with Gasteiger partial charge in [0.2, 0.25) is 0 Å². The van der Waals surface area contributed by atoms with Gasteiger partial charge in [0.05, 0.1) is 6.61 Å². The Morgan fingerprint density at radius 3 is 3.27 bits per heavy atom. The summed E-state index contributed by atoms with van der Waals surface area (Å²) in [6.45, 7) is 3.85. The van der Waals surface area contributed by atoms with Crippen LogP contribution in [0.3, 0.4) is 0 Å². The number of nitrogens with one attached hydrogen (secondary N) is 1. The van der Waals surface area contributed by atoms with E-state index < -0.39 is 5.03 Å². The maximum Gasteiger partial charge on any atom is 0.271 e. The number of guanidine groups is 1. The lowest BCUT2D eigenvalue weighted by Crippen LogP contribution is -2.35. The Hall–Kier alpha value is -1.37. The fourth-order valence-corrected chi connectivity index (χ4v) is 1.91. The number of nitrogens with zero attached hydrogens (tertiary/aromatic N) is 3. The molecule has 2 heterocycles. The Morgan fingerprint density at radius 1 is 1.73 bits per heavy atom. The zero-order valence-electron chi connectivity index (χ0n) is 8.39. The largest absolute Gasteiger partial charge is 0.381 e. The lowest BCUT2D eigenvalue weighted by Gasteiger charge is -2.18. The van der Waals surface area contributed by atoms with E-state index in [-0.39, 0.29) is 0 Å². The third-order valence-corrected chi connectivity index (χ3v) is 2.64. The molecule has 0 amide bonds. The molecule has 2 aliphatic rings. The maximum absolute atomic E-state index is 10.3. The van der Waals surface area contributed by atoms with E-state index in [0.717, 1.165) is 39.3 Å². The van der Waals surface area contributed by atoms with Gasteiger partial charge in [0.15, 0.2) is 5.03 Å². The third-order valence-electron chi connectivity index (χ3n) is 2.64. The van der Waals surface area contributed by atoms with Crippen LogP contribution in [0, 0.1) is 16.0 Å². The van der Waals surface area contributed by atoms with Crippen molar-refractivity contribution in [3.8, 4) is 0 Å². The lowest BCUT2D eigenvalue weighted by molar-refractivity contribution is -0.485.